The van der Waals surface area contributed by atoms with E-state index in [1.807, 2.05) is 5.32 Å². The summed E-state index contributed by atoms with van der Waals surface area (Å²) in [5, 5.41) is 22.5. The van der Waals surface area contributed by atoms with Gasteiger partial charge < -0.3 is 48.7 Å². The molecule has 0 bridgehead atoms. The number of hydrogen-bond acceptors (Lipinski definition) is 8. The number of aliphatic carboxylic acids is 2. The van der Waals surface area contributed by atoms with Crippen LogP contribution in [0.3, 0.4) is 0 Å². The third kappa shape index (κ3) is 10.1. The monoisotopic (exact) mass is 514 g/mol. The van der Waals surface area contributed by atoms with Gasteiger partial charge in [-0.05, 0) is 32.1 Å². The summed E-state index contributed by atoms with van der Waals surface area (Å²) in [6.07, 6.45) is 0.0155. The third-order valence-corrected chi connectivity index (χ3v) is 5.43. The van der Waals surface area contributed by atoms with E-state index in [0.29, 0.717) is 19.3 Å². The van der Waals surface area contributed by atoms with E-state index in [1.54, 1.807) is 0 Å². The molecule has 16 nitrogen and oxygen atoms in total. The minimum Gasteiger partial charge on any atom is -0.481 e. The second-order valence-electron chi connectivity index (χ2n) is 8.31. The molecule has 1 rings (SSSR count). The molecule has 1 heterocycles. The second kappa shape index (κ2) is 14.4. The van der Waals surface area contributed by atoms with E-state index in [1.165, 1.54) is 4.90 Å². The number of primary amides is 1. The molecule has 202 valence electrons. The van der Waals surface area contributed by atoms with Crippen molar-refractivity contribution in [2.75, 3.05) is 13.1 Å². The standard InChI is InChI=1S/C20H34N8O8/c21-10(3-1-7-25-20(23)24)18(34)28-8-2-4-13(28)17(33)26-11(5-6-14(22)29)16(32)27-12(19(35)36)9-15(30)31/h10-13H,1-9,21H2,(H2,22,29)(H,26,33)(H,27,32)(H,30,31)(H,35,36)(H4,23,24,25). The van der Waals surface area contributed by atoms with Crippen molar-refractivity contribution >= 4 is 41.5 Å². The average molecular weight is 515 g/mol. The van der Waals surface area contributed by atoms with Gasteiger partial charge in [0.2, 0.25) is 23.6 Å². The fourth-order valence-electron chi connectivity index (χ4n) is 3.63. The number of nitrogens with two attached hydrogens (primary N) is 4. The maximum Gasteiger partial charge on any atom is 0.326 e. The number of aliphatic imine (C=N–C) groups is 1. The van der Waals surface area contributed by atoms with Crippen LogP contribution < -0.4 is 33.6 Å². The quantitative estimate of drug-likeness (QED) is 0.0594. The van der Waals surface area contributed by atoms with Gasteiger partial charge in [-0.2, -0.15) is 0 Å². The predicted molar refractivity (Wildman–Crippen MR) is 125 cm³/mol. The predicted octanol–water partition coefficient (Wildman–Crippen LogP) is -3.85. The van der Waals surface area contributed by atoms with E-state index in [4.69, 9.17) is 33.1 Å². The smallest absolute Gasteiger partial charge is 0.326 e. The molecule has 1 saturated heterocycles. The highest BCUT2D eigenvalue weighted by atomic mass is 16.4. The highest BCUT2D eigenvalue weighted by Gasteiger charge is 2.38. The molecule has 4 atom stereocenters. The minimum absolute atomic E-state index is 0.0845. The molecule has 0 spiro atoms. The Morgan fingerprint density at radius 2 is 1.67 bits per heavy atom. The van der Waals surface area contributed by atoms with Crippen LogP contribution in [0.1, 0.15) is 44.9 Å². The molecule has 0 aromatic rings. The van der Waals surface area contributed by atoms with Gasteiger partial charge in [0.15, 0.2) is 5.96 Å². The molecule has 1 aliphatic rings. The second-order valence-corrected chi connectivity index (χ2v) is 8.31. The molecular weight excluding hydrogens is 480 g/mol. The van der Waals surface area contributed by atoms with Crippen molar-refractivity contribution < 1.29 is 39.0 Å². The lowest BCUT2D eigenvalue weighted by Gasteiger charge is -2.28. The summed E-state index contributed by atoms with van der Waals surface area (Å²) >= 11 is 0. The Morgan fingerprint density at radius 3 is 2.22 bits per heavy atom. The van der Waals surface area contributed by atoms with Crippen molar-refractivity contribution in [2.45, 2.75) is 69.1 Å². The van der Waals surface area contributed by atoms with Crippen molar-refractivity contribution in [2.24, 2.45) is 27.9 Å². The molecule has 1 aliphatic heterocycles. The number of likely N-dealkylation sites (tertiary alicyclic amines) is 1. The largest absolute Gasteiger partial charge is 0.481 e. The number of nitrogens with one attached hydrogen (secondary N) is 2. The van der Waals surface area contributed by atoms with Gasteiger partial charge in [0, 0.05) is 19.5 Å². The Kier molecular flexibility index (Phi) is 12.1. The summed E-state index contributed by atoms with van der Waals surface area (Å²) in [5.74, 6) is -6.09. The third-order valence-electron chi connectivity index (χ3n) is 5.43. The number of carbonyl (C=O) groups is 6. The van der Waals surface area contributed by atoms with Crippen LogP contribution in [-0.4, -0.2) is 93.9 Å². The summed E-state index contributed by atoms with van der Waals surface area (Å²) in [7, 11) is 0. The van der Waals surface area contributed by atoms with Crippen molar-refractivity contribution in [1.82, 2.24) is 15.5 Å². The van der Waals surface area contributed by atoms with Gasteiger partial charge in [0.1, 0.15) is 18.1 Å². The summed E-state index contributed by atoms with van der Waals surface area (Å²) in [6.45, 7) is 0.541. The van der Waals surface area contributed by atoms with Crippen LogP contribution in [-0.2, 0) is 28.8 Å². The van der Waals surface area contributed by atoms with Gasteiger partial charge >= 0.3 is 11.9 Å². The lowest BCUT2D eigenvalue weighted by Crippen LogP contribution is -2.56. The molecule has 1 fully saturated rings. The first-order chi connectivity index (χ1) is 16.8. The van der Waals surface area contributed by atoms with E-state index in [0.717, 1.165) is 0 Å². The maximum atomic E-state index is 13.0. The van der Waals surface area contributed by atoms with Crippen LogP contribution in [0.4, 0.5) is 0 Å². The number of amides is 4. The molecule has 36 heavy (non-hydrogen) atoms. The van der Waals surface area contributed by atoms with Gasteiger partial charge in [-0.1, -0.05) is 0 Å². The van der Waals surface area contributed by atoms with Crippen LogP contribution in [0.15, 0.2) is 4.99 Å². The number of nitrogens with zero attached hydrogens (tertiary/aromatic N) is 2. The van der Waals surface area contributed by atoms with Gasteiger partial charge in [-0.15, -0.1) is 0 Å². The molecule has 0 aliphatic carbocycles. The van der Waals surface area contributed by atoms with Crippen molar-refractivity contribution in [3.63, 3.8) is 0 Å². The van der Waals surface area contributed by atoms with Crippen molar-refractivity contribution in [3.8, 4) is 0 Å². The average Bonchev–Trinajstić information content (AvgIpc) is 3.27. The zero-order chi connectivity index (χ0) is 27.4. The summed E-state index contributed by atoms with van der Waals surface area (Å²) in [5.41, 5.74) is 21.6. The van der Waals surface area contributed by atoms with Gasteiger partial charge in [0.25, 0.3) is 0 Å². The van der Waals surface area contributed by atoms with Crippen LogP contribution in [0.25, 0.3) is 0 Å². The minimum atomic E-state index is -1.76. The SMILES string of the molecule is NC(=O)CCC(NC(=O)C1CCCN1C(=O)C(N)CCCN=C(N)N)C(=O)NC(CC(=O)O)C(=O)O. The zero-order valence-electron chi connectivity index (χ0n) is 19.7. The van der Waals surface area contributed by atoms with E-state index >= 15 is 0 Å². The Labute approximate surface area is 206 Å². The molecule has 4 amide bonds. The normalized spacial score (nSPS) is 17.4. The highest BCUT2D eigenvalue weighted by molar-refractivity contribution is 5.95. The first-order valence-electron chi connectivity index (χ1n) is 11.3. The first kappa shape index (κ1) is 30.1. The molecule has 0 saturated carbocycles. The van der Waals surface area contributed by atoms with E-state index < -0.39 is 66.2 Å². The molecule has 12 N–H and O–H groups in total. The fourth-order valence-corrected chi connectivity index (χ4v) is 3.63. The zero-order valence-corrected chi connectivity index (χ0v) is 19.7. The van der Waals surface area contributed by atoms with Crippen LogP contribution in [0.5, 0.6) is 0 Å². The van der Waals surface area contributed by atoms with Crippen molar-refractivity contribution in [3.05, 3.63) is 0 Å². The molecule has 16 heteroatoms. The lowest BCUT2D eigenvalue weighted by atomic mass is 10.1. The van der Waals surface area contributed by atoms with E-state index in [9.17, 15) is 28.8 Å². The van der Waals surface area contributed by atoms with Crippen LogP contribution in [0.2, 0.25) is 0 Å². The van der Waals surface area contributed by atoms with E-state index in [-0.39, 0.29) is 38.3 Å². The number of hydrogen-bond donors (Lipinski definition) is 8. The number of carboxylic acid groups (broad SMARTS) is 2. The number of rotatable bonds is 15. The van der Waals surface area contributed by atoms with Gasteiger partial charge in [-0.3, -0.25) is 29.0 Å². The topological polar surface area (TPSA) is 287 Å². The number of carboxylic acids is 2. The molecule has 0 aromatic heterocycles. The van der Waals surface area contributed by atoms with Gasteiger partial charge in [0.05, 0.1) is 12.5 Å². The Balaban J connectivity index is 2.89. The van der Waals surface area contributed by atoms with Gasteiger partial charge in [-0.25, -0.2) is 4.79 Å². The Bertz CT molecular complexity index is 876. The Morgan fingerprint density at radius 1 is 1.00 bits per heavy atom. The first-order valence-corrected chi connectivity index (χ1v) is 11.3. The fraction of sp³-hybridized carbons (Fsp3) is 0.650. The number of carbonyl (C=O) groups excluding carboxylic acids is 4. The van der Waals surface area contributed by atoms with Crippen molar-refractivity contribution in [1.29, 1.82) is 0 Å². The molecule has 4 unspecified atom stereocenters. The summed E-state index contributed by atoms with van der Waals surface area (Å²) < 4.78 is 0. The Hall–Kier alpha value is -3.95. The van der Waals surface area contributed by atoms with E-state index in [2.05, 4.69) is 10.3 Å². The van der Waals surface area contributed by atoms with Crippen LogP contribution >= 0.6 is 0 Å². The summed E-state index contributed by atoms with van der Waals surface area (Å²) in [6, 6.07) is -5.01. The lowest BCUT2D eigenvalue weighted by molar-refractivity contribution is -0.147. The van der Waals surface area contributed by atoms with Crippen LogP contribution in [0, 0.1) is 0 Å². The number of guanidine groups is 1. The maximum absolute atomic E-state index is 13.0. The molecule has 0 radical (unpaired) electrons. The summed E-state index contributed by atoms with van der Waals surface area (Å²) in [4.78, 5) is 77.0. The molecular formula is C20H34N8O8. The highest BCUT2D eigenvalue weighted by Crippen LogP contribution is 2.19. The molecule has 0 aromatic carbocycles.